The second-order valence-electron chi connectivity index (χ2n) is 1.98. The first-order chi connectivity index (χ1) is 4.43. The third-order valence-electron chi connectivity index (χ3n) is 1.28. The van der Waals surface area contributed by atoms with Gasteiger partial charge in [0.2, 0.25) is 0 Å². The first-order valence-corrected chi connectivity index (χ1v) is 4.20. The number of hydrogen-bond donors (Lipinski definition) is 2. The van der Waals surface area contributed by atoms with E-state index in [1.165, 1.54) is 5.75 Å². The molecule has 0 amide bonds. The van der Waals surface area contributed by atoms with Crippen LogP contribution in [0.3, 0.4) is 0 Å². The summed E-state index contributed by atoms with van der Waals surface area (Å²) in [5.74, 6) is 1.24. The van der Waals surface area contributed by atoms with E-state index >= 15 is 0 Å². The first-order valence-electron chi connectivity index (χ1n) is 3.15. The lowest BCUT2D eigenvalue weighted by atomic mass is 10.4. The Balaban J connectivity index is 2.11. The van der Waals surface area contributed by atoms with Gasteiger partial charge in [0.15, 0.2) is 0 Å². The molecule has 1 heterocycles. The fraction of sp³-hybridized carbons (Fsp3) is 0.667. The molecular formula is C6H12N2S. The molecule has 1 rings (SSSR count). The maximum atomic E-state index is 5.19. The SMILES string of the molecule is NC=CCC1NCCS1. The van der Waals surface area contributed by atoms with Crippen molar-refractivity contribution < 1.29 is 0 Å². The fourth-order valence-corrected chi connectivity index (χ4v) is 1.84. The predicted octanol–water partition coefficient (Wildman–Crippen LogP) is 0.511. The Morgan fingerprint density at radius 2 is 2.67 bits per heavy atom. The van der Waals surface area contributed by atoms with Gasteiger partial charge in [-0.2, -0.15) is 0 Å². The zero-order valence-electron chi connectivity index (χ0n) is 5.34. The zero-order valence-corrected chi connectivity index (χ0v) is 6.16. The van der Waals surface area contributed by atoms with Crippen LogP contribution in [0.1, 0.15) is 6.42 Å². The van der Waals surface area contributed by atoms with Gasteiger partial charge in [-0.3, -0.25) is 0 Å². The van der Waals surface area contributed by atoms with E-state index in [1.54, 1.807) is 6.20 Å². The minimum atomic E-state index is 0.616. The van der Waals surface area contributed by atoms with Gasteiger partial charge in [0, 0.05) is 12.3 Å². The van der Waals surface area contributed by atoms with E-state index < -0.39 is 0 Å². The van der Waals surface area contributed by atoms with Gasteiger partial charge in [-0.25, -0.2) is 0 Å². The summed E-state index contributed by atoms with van der Waals surface area (Å²) in [6.07, 6.45) is 4.66. The maximum Gasteiger partial charge on any atom is 0.0568 e. The topological polar surface area (TPSA) is 38.0 Å². The van der Waals surface area contributed by atoms with Crippen LogP contribution in [0.25, 0.3) is 0 Å². The molecule has 9 heavy (non-hydrogen) atoms. The van der Waals surface area contributed by atoms with Crippen molar-refractivity contribution in [1.29, 1.82) is 0 Å². The molecule has 1 fully saturated rings. The summed E-state index contributed by atoms with van der Waals surface area (Å²) in [6.45, 7) is 1.15. The number of hydrogen-bond acceptors (Lipinski definition) is 3. The summed E-state index contributed by atoms with van der Waals surface area (Å²) >= 11 is 1.96. The molecule has 2 nitrogen and oxygen atoms in total. The summed E-state index contributed by atoms with van der Waals surface area (Å²) in [5.41, 5.74) is 5.19. The highest BCUT2D eigenvalue weighted by atomic mass is 32.2. The Bertz CT molecular complexity index is 97.2. The molecule has 3 N–H and O–H groups in total. The van der Waals surface area contributed by atoms with Gasteiger partial charge in [0.05, 0.1) is 5.37 Å². The van der Waals surface area contributed by atoms with E-state index in [9.17, 15) is 0 Å². The Kier molecular flexibility index (Phi) is 2.94. The van der Waals surface area contributed by atoms with Crippen LogP contribution in [0.4, 0.5) is 0 Å². The average molecular weight is 144 g/mol. The molecule has 0 aromatic heterocycles. The third kappa shape index (κ3) is 2.28. The monoisotopic (exact) mass is 144 g/mol. The van der Waals surface area contributed by atoms with Crippen molar-refractivity contribution in [3.63, 3.8) is 0 Å². The Hall–Kier alpha value is -0.150. The van der Waals surface area contributed by atoms with Crippen LogP contribution in [0.5, 0.6) is 0 Å². The molecule has 52 valence electrons. The lowest BCUT2D eigenvalue weighted by Crippen LogP contribution is -2.18. The molecule has 1 atom stereocenters. The van der Waals surface area contributed by atoms with Crippen molar-refractivity contribution in [2.24, 2.45) is 5.73 Å². The highest BCUT2D eigenvalue weighted by Gasteiger charge is 2.11. The highest BCUT2D eigenvalue weighted by molar-refractivity contribution is 8.00. The number of nitrogens with one attached hydrogen (secondary N) is 1. The van der Waals surface area contributed by atoms with Gasteiger partial charge in [-0.15, -0.1) is 11.8 Å². The van der Waals surface area contributed by atoms with Gasteiger partial charge in [-0.1, -0.05) is 6.08 Å². The molecular weight excluding hydrogens is 132 g/mol. The molecule has 0 aliphatic carbocycles. The number of nitrogens with two attached hydrogens (primary N) is 1. The van der Waals surface area contributed by atoms with Gasteiger partial charge in [-0.05, 0) is 12.6 Å². The third-order valence-corrected chi connectivity index (χ3v) is 2.48. The van der Waals surface area contributed by atoms with Crippen molar-refractivity contribution in [2.75, 3.05) is 12.3 Å². The van der Waals surface area contributed by atoms with Crippen molar-refractivity contribution in [2.45, 2.75) is 11.8 Å². The maximum absolute atomic E-state index is 5.19. The van der Waals surface area contributed by atoms with Crippen LogP contribution in [-0.4, -0.2) is 17.7 Å². The van der Waals surface area contributed by atoms with E-state index in [0.717, 1.165) is 13.0 Å². The quantitative estimate of drug-likeness (QED) is 0.593. The molecule has 1 aliphatic heterocycles. The van der Waals surface area contributed by atoms with Crippen molar-refractivity contribution in [3.8, 4) is 0 Å². The zero-order chi connectivity index (χ0) is 6.53. The van der Waals surface area contributed by atoms with Crippen LogP contribution in [0.15, 0.2) is 12.3 Å². The molecule has 0 saturated carbocycles. The summed E-state index contributed by atoms with van der Waals surface area (Å²) in [7, 11) is 0. The average Bonchev–Trinajstić information content (AvgIpc) is 2.34. The molecule has 1 aliphatic rings. The molecule has 0 aromatic carbocycles. The lowest BCUT2D eigenvalue weighted by molar-refractivity contribution is 0.718. The Labute approximate surface area is 59.9 Å². The van der Waals surface area contributed by atoms with E-state index in [-0.39, 0.29) is 0 Å². The fourth-order valence-electron chi connectivity index (χ4n) is 0.834. The van der Waals surface area contributed by atoms with Gasteiger partial charge < -0.3 is 11.1 Å². The molecule has 0 bridgehead atoms. The van der Waals surface area contributed by atoms with Crippen LogP contribution in [0, 0.1) is 0 Å². The van der Waals surface area contributed by atoms with E-state index in [4.69, 9.17) is 5.73 Å². The largest absolute Gasteiger partial charge is 0.405 e. The summed E-state index contributed by atoms with van der Waals surface area (Å²) < 4.78 is 0. The minimum absolute atomic E-state index is 0.616. The van der Waals surface area contributed by atoms with Crippen LogP contribution in [0.2, 0.25) is 0 Å². The second-order valence-corrected chi connectivity index (χ2v) is 3.29. The van der Waals surface area contributed by atoms with Crippen LogP contribution < -0.4 is 11.1 Å². The molecule has 0 radical (unpaired) electrons. The van der Waals surface area contributed by atoms with Crippen LogP contribution in [-0.2, 0) is 0 Å². The van der Waals surface area contributed by atoms with E-state index in [1.807, 2.05) is 17.8 Å². The molecule has 1 unspecified atom stereocenters. The number of thioether (sulfide) groups is 1. The Morgan fingerprint density at radius 1 is 1.78 bits per heavy atom. The van der Waals surface area contributed by atoms with Gasteiger partial charge >= 0.3 is 0 Å². The highest BCUT2D eigenvalue weighted by Crippen LogP contribution is 2.16. The van der Waals surface area contributed by atoms with Gasteiger partial charge in [0.1, 0.15) is 0 Å². The van der Waals surface area contributed by atoms with E-state index in [2.05, 4.69) is 5.32 Å². The van der Waals surface area contributed by atoms with Gasteiger partial charge in [0.25, 0.3) is 0 Å². The second kappa shape index (κ2) is 3.80. The molecule has 0 spiro atoms. The van der Waals surface area contributed by atoms with Crippen molar-refractivity contribution in [3.05, 3.63) is 12.3 Å². The summed E-state index contributed by atoms with van der Waals surface area (Å²) in [6, 6.07) is 0. The molecule has 3 heteroatoms. The minimum Gasteiger partial charge on any atom is -0.405 e. The van der Waals surface area contributed by atoms with Crippen molar-refractivity contribution >= 4 is 11.8 Å². The Morgan fingerprint density at radius 3 is 3.22 bits per heavy atom. The van der Waals surface area contributed by atoms with Crippen LogP contribution >= 0.6 is 11.8 Å². The summed E-state index contributed by atoms with van der Waals surface area (Å²) in [5, 5.41) is 3.96. The lowest BCUT2D eigenvalue weighted by Gasteiger charge is -2.02. The van der Waals surface area contributed by atoms with Crippen molar-refractivity contribution in [1.82, 2.24) is 5.32 Å². The molecule has 1 saturated heterocycles. The number of rotatable bonds is 2. The molecule has 0 aromatic rings. The first kappa shape index (κ1) is 6.96. The standard InChI is InChI=1S/C6H12N2S/c7-3-1-2-6-8-4-5-9-6/h1,3,6,8H,2,4-5,7H2. The smallest absolute Gasteiger partial charge is 0.0568 e. The normalized spacial score (nSPS) is 27.8. The van der Waals surface area contributed by atoms with E-state index in [0.29, 0.717) is 5.37 Å². The predicted molar refractivity (Wildman–Crippen MR) is 42.2 cm³/mol. The summed E-state index contributed by atoms with van der Waals surface area (Å²) in [4.78, 5) is 0.